The number of ketones is 1. The zero-order chi connectivity index (χ0) is 43.7. The fourth-order valence-corrected chi connectivity index (χ4v) is 7.92. The van der Waals surface area contributed by atoms with Crippen LogP contribution in [-0.2, 0) is 23.8 Å². The van der Waals surface area contributed by atoms with Crippen molar-refractivity contribution in [2.45, 2.75) is 85.6 Å². The predicted octanol–water partition coefficient (Wildman–Crippen LogP) is 4.34. The third kappa shape index (κ3) is 8.91. The Kier molecular flexibility index (Phi) is 13.7. The number of nitrogens with zero attached hydrogens (tertiary/aromatic N) is 3. The van der Waals surface area contributed by atoms with Crippen LogP contribution in [0.3, 0.4) is 0 Å². The van der Waals surface area contributed by atoms with E-state index >= 15 is 0 Å². The van der Waals surface area contributed by atoms with Gasteiger partial charge in [0, 0.05) is 87.3 Å². The summed E-state index contributed by atoms with van der Waals surface area (Å²) >= 11 is 0. The van der Waals surface area contributed by atoms with Gasteiger partial charge < -0.3 is 54.7 Å². The van der Waals surface area contributed by atoms with Crippen LogP contribution in [0.25, 0.3) is 10.8 Å². The Balaban J connectivity index is 1.70. The maximum atomic E-state index is 14.4. The number of hydrogen-bond donors (Lipinski definition) is 6. The Hall–Kier alpha value is -5.16. The van der Waals surface area contributed by atoms with E-state index in [4.69, 9.17) is 18.9 Å². The number of amides is 1. The molecule has 0 radical (unpaired) electrons. The van der Waals surface area contributed by atoms with E-state index in [-0.39, 0.29) is 44.5 Å². The molecule has 1 fully saturated rings. The lowest BCUT2D eigenvalue weighted by Gasteiger charge is -2.38. The number of aliphatic hydroxyl groups excluding tert-OH is 2. The van der Waals surface area contributed by atoms with E-state index in [1.54, 1.807) is 44.9 Å². The molecule has 4 heterocycles. The van der Waals surface area contributed by atoms with E-state index in [0.29, 0.717) is 13.1 Å². The van der Waals surface area contributed by atoms with Gasteiger partial charge in [0.05, 0.1) is 53.0 Å². The maximum Gasteiger partial charge on any atom is 0.312 e. The van der Waals surface area contributed by atoms with Gasteiger partial charge in [-0.15, -0.1) is 0 Å². The molecule has 59 heavy (non-hydrogen) atoms. The van der Waals surface area contributed by atoms with Crippen LogP contribution in [0.15, 0.2) is 41.2 Å². The second-order valence-corrected chi connectivity index (χ2v) is 16.1. The third-order valence-corrected chi connectivity index (χ3v) is 11.9. The molecule has 1 saturated heterocycles. The highest BCUT2D eigenvalue weighted by molar-refractivity contribution is 6.23. The number of Topliss-reactive ketones (excluding diaryl/α,β-unsaturated/α-hetero) is 1. The summed E-state index contributed by atoms with van der Waals surface area (Å²) in [7, 11) is 3.42. The second kappa shape index (κ2) is 18.0. The van der Waals surface area contributed by atoms with Gasteiger partial charge in [0.15, 0.2) is 5.75 Å². The summed E-state index contributed by atoms with van der Waals surface area (Å²) in [5.74, 6) is -8.34. The Bertz CT molecular complexity index is 2070. The number of likely N-dealkylation sites (N-methyl/N-ethyl adjacent to an activating group) is 1. The average Bonchev–Trinajstić information content (AvgIpc) is 3.46. The first-order valence-electron chi connectivity index (χ1n) is 19.8. The number of allylic oxidation sites excluding steroid dienone is 2. The number of carbonyl (C=O) groups is 3. The van der Waals surface area contributed by atoms with Crippen LogP contribution in [0.2, 0.25) is 0 Å². The van der Waals surface area contributed by atoms with Crippen LogP contribution in [0.4, 0.5) is 5.69 Å². The van der Waals surface area contributed by atoms with Crippen LogP contribution < -0.4 is 10.1 Å². The summed E-state index contributed by atoms with van der Waals surface area (Å²) in [5.41, 5.74) is -0.350. The van der Waals surface area contributed by atoms with Crippen LogP contribution >= 0.6 is 0 Å². The Labute approximate surface area is 344 Å². The number of benzene rings is 2. The van der Waals surface area contributed by atoms with Gasteiger partial charge in [-0.3, -0.25) is 19.4 Å². The molecule has 1 amide bonds. The largest absolute Gasteiger partial charge is 0.507 e. The number of esters is 1. The zero-order valence-corrected chi connectivity index (χ0v) is 35.3. The number of ether oxygens (including phenoxy) is 4. The highest BCUT2D eigenvalue weighted by atomic mass is 16.7. The van der Waals surface area contributed by atoms with Gasteiger partial charge >= 0.3 is 11.8 Å². The number of phenols is 3. The van der Waals surface area contributed by atoms with Gasteiger partial charge in [-0.2, -0.15) is 5.10 Å². The molecule has 0 saturated carbocycles. The number of hydrogen-bond acceptors (Lipinski definition) is 15. The van der Waals surface area contributed by atoms with Crippen molar-refractivity contribution in [1.29, 1.82) is 0 Å². The minimum Gasteiger partial charge on any atom is -0.507 e. The third-order valence-electron chi connectivity index (χ3n) is 11.9. The van der Waals surface area contributed by atoms with Crippen LogP contribution in [0, 0.1) is 30.6 Å². The second-order valence-electron chi connectivity index (χ2n) is 16.1. The number of nitrogens with one attached hydrogen (secondary N) is 1. The number of fused-ring (bicyclic) bond motifs is 14. The first kappa shape index (κ1) is 44.9. The van der Waals surface area contributed by atoms with Gasteiger partial charge in [-0.05, 0) is 27.0 Å². The number of hydrazone groups is 1. The highest BCUT2D eigenvalue weighted by Gasteiger charge is 2.50. The molecule has 16 heteroatoms. The number of rotatable bonds is 4. The number of anilines is 1. The monoisotopic (exact) mass is 822 g/mol. The smallest absolute Gasteiger partial charge is 0.312 e. The summed E-state index contributed by atoms with van der Waals surface area (Å²) in [6.07, 6.45) is 4.86. The normalized spacial score (nSPS) is 30.1. The van der Waals surface area contributed by atoms with Crippen molar-refractivity contribution in [1.82, 2.24) is 9.91 Å². The molecule has 9 atom stereocenters. The van der Waals surface area contributed by atoms with Crippen molar-refractivity contribution in [3.05, 3.63) is 52.8 Å². The molecular weight excluding hydrogens is 764 g/mol. The van der Waals surface area contributed by atoms with Crippen LogP contribution in [-0.4, -0.2) is 130 Å². The van der Waals surface area contributed by atoms with E-state index < -0.39 is 88.8 Å². The lowest BCUT2D eigenvalue weighted by molar-refractivity contribution is -0.160. The Morgan fingerprint density at radius 3 is 2.24 bits per heavy atom. The molecule has 0 aromatic heterocycles. The predicted molar refractivity (Wildman–Crippen MR) is 220 cm³/mol. The molecule has 322 valence electrons. The molecule has 2 aromatic rings. The number of piperazine rings is 1. The van der Waals surface area contributed by atoms with Gasteiger partial charge in [-0.1, -0.05) is 45.9 Å². The molecule has 4 aliphatic heterocycles. The number of aromatic hydroxyl groups is 3. The van der Waals surface area contributed by atoms with E-state index in [0.717, 1.165) is 13.1 Å². The van der Waals surface area contributed by atoms with Gasteiger partial charge in [-0.25, -0.2) is 0 Å². The van der Waals surface area contributed by atoms with E-state index in [1.807, 2.05) is 7.05 Å². The summed E-state index contributed by atoms with van der Waals surface area (Å²) in [6.45, 7) is 15.1. The summed E-state index contributed by atoms with van der Waals surface area (Å²) in [5, 5.41) is 66.8. The number of carbonyl (C=O) groups excluding carboxylic acids is 3. The summed E-state index contributed by atoms with van der Waals surface area (Å²) < 4.78 is 23.6. The maximum absolute atomic E-state index is 14.4. The van der Waals surface area contributed by atoms with Gasteiger partial charge in [0.2, 0.25) is 0 Å². The molecule has 6 N–H and O–H groups in total. The van der Waals surface area contributed by atoms with Crippen molar-refractivity contribution in [3.8, 4) is 23.0 Å². The van der Waals surface area contributed by atoms with E-state index in [2.05, 4.69) is 15.3 Å². The van der Waals surface area contributed by atoms with E-state index in [1.165, 1.54) is 59.4 Å². The molecule has 1 unspecified atom stereocenters. The lowest BCUT2D eigenvalue weighted by atomic mass is 9.78. The first-order chi connectivity index (χ1) is 27.7. The summed E-state index contributed by atoms with van der Waals surface area (Å²) in [6, 6.07) is 0. The number of methoxy groups -OCH3 is 1. The molecule has 5 bridgehead atoms. The van der Waals surface area contributed by atoms with Gasteiger partial charge in [0.1, 0.15) is 23.4 Å². The molecular formula is C43H58N4O12. The van der Waals surface area contributed by atoms with Crippen molar-refractivity contribution in [2.75, 3.05) is 45.7 Å². The molecule has 4 aliphatic rings. The van der Waals surface area contributed by atoms with Crippen molar-refractivity contribution in [2.24, 2.45) is 28.8 Å². The highest BCUT2D eigenvalue weighted by Crippen LogP contribution is 2.55. The van der Waals surface area contributed by atoms with Crippen molar-refractivity contribution >= 4 is 40.3 Å². The molecule has 2 aromatic carbocycles. The topological polar surface area (TPSA) is 220 Å². The first-order valence-corrected chi connectivity index (χ1v) is 19.8. The molecule has 0 aliphatic carbocycles. The number of phenolic OH excluding ortho intramolecular Hbond substituents is 3. The molecule has 16 nitrogen and oxygen atoms in total. The standard InChI is InChI=1S/C43H58N4O12/c1-21-12-11-13-22(2)42(55)45-33-28(20-44-47-17-15-46(9)16-18-47)37(52)30-31(38(33)53)36(51)26(6)40-32(30)41(54)43(8,59-40)57-19-14-29(56-10)23(3)39(58-27(7)48)25(5)35(50)24(4)34(21)49/h11-14,19-21,23-25,29,34-35,39,49-53H,15-18H2,1-10H3,(H,45,55)/t21?,23-,24-,25-,29+,34+,35-,39+,43+/m1/s1. The fourth-order valence-electron chi connectivity index (χ4n) is 7.92. The Morgan fingerprint density at radius 1 is 0.949 bits per heavy atom. The molecule has 0 spiro atoms. The lowest BCUT2D eigenvalue weighted by Crippen LogP contribution is -2.46. The quantitative estimate of drug-likeness (QED) is 0.109. The van der Waals surface area contributed by atoms with Crippen LogP contribution in [0.5, 0.6) is 23.0 Å². The Morgan fingerprint density at radius 2 is 1.61 bits per heavy atom. The number of aliphatic hydroxyl groups is 2. The van der Waals surface area contributed by atoms with Gasteiger partial charge in [0.25, 0.3) is 11.7 Å². The minimum absolute atomic E-state index is 0.0559. The van der Waals surface area contributed by atoms with Crippen LogP contribution in [0.1, 0.15) is 70.0 Å². The van der Waals surface area contributed by atoms with Crippen molar-refractivity contribution < 1.29 is 58.9 Å². The SMILES string of the molecule is CO[C@H]1C=CO[C@@]2(C)Oc3c(C)c(O)c4c(O)c(c(C=NN5CCN(C)CC5)c(O)c4c3C2=O)NC(=O)C(C)=CC=CC(C)[C@H](O)[C@@H](C)[C@@H](O)[C@@H](C)[C@@H](OC(C)=O)[C@@H]1C. The fraction of sp³-hybridized carbons (Fsp3) is 0.535. The van der Waals surface area contributed by atoms with Crippen molar-refractivity contribution in [3.63, 3.8) is 0 Å². The van der Waals surface area contributed by atoms with E-state index in [9.17, 15) is 39.9 Å². The zero-order valence-electron chi connectivity index (χ0n) is 35.3. The minimum atomic E-state index is -2.04. The average molecular weight is 823 g/mol. The summed E-state index contributed by atoms with van der Waals surface area (Å²) in [4.78, 5) is 42.6. The molecule has 6 rings (SSSR count).